The van der Waals surface area contributed by atoms with Crippen LogP contribution in [0.3, 0.4) is 0 Å². The summed E-state index contributed by atoms with van der Waals surface area (Å²) < 4.78 is 24.0. The van der Waals surface area contributed by atoms with Gasteiger partial charge in [0.2, 0.25) is 5.78 Å². The first-order chi connectivity index (χ1) is 10.5. The highest BCUT2D eigenvalue weighted by Gasteiger charge is 2.38. The molecule has 0 radical (unpaired) electrons. The van der Waals surface area contributed by atoms with Crippen LogP contribution in [0.5, 0.6) is 0 Å². The van der Waals surface area contributed by atoms with Gasteiger partial charge in [0.25, 0.3) is 0 Å². The minimum atomic E-state index is -3.59. The summed E-state index contributed by atoms with van der Waals surface area (Å²) in [7, 11) is -3.59. The number of hydrogen-bond acceptors (Lipinski definition) is 8. The van der Waals surface area contributed by atoms with Crippen molar-refractivity contribution in [3.63, 3.8) is 0 Å². The molecule has 0 fully saturated rings. The third-order valence-corrected chi connectivity index (χ3v) is 6.69. The first-order valence-electron chi connectivity index (χ1n) is 6.91. The first-order valence-corrected chi connectivity index (χ1v) is 10.3. The maximum absolute atomic E-state index is 13.1. The summed E-state index contributed by atoms with van der Waals surface area (Å²) in [5.74, 6) is 5.91. The van der Waals surface area contributed by atoms with E-state index in [1.807, 2.05) is 20.8 Å². The molecule has 2 N–H and O–H groups in total. The monoisotopic (exact) mass is 364 g/mol. The molecule has 0 spiro atoms. The zero-order chi connectivity index (χ0) is 16.6. The van der Waals surface area contributed by atoms with Crippen LogP contribution in [0.15, 0.2) is 27.6 Å². The molecular weight excluding hydrogens is 343 g/mol. The van der Waals surface area contributed by atoms with Crippen LogP contribution in [-0.4, -0.2) is 23.5 Å². The van der Waals surface area contributed by atoms with Crippen molar-refractivity contribution < 1.29 is 17.3 Å². The maximum Gasteiger partial charge on any atom is 0.383 e. The predicted molar refractivity (Wildman–Crippen MR) is 93.7 cm³/mol. The van der Waals surface area contributed by atoms with Crippen molar-refractivity contribution in [3.8, 4) is 0 Å². The van der Waals surface area contributed by atoms with Crippen LogP contribution >= 0.6 is 31.7 Å². The second-order valence-electron chi connectivity index (χ2n) is 4.39. The van der Waals surface area contributed by atoms with E-state index in [4.69, 9.17) is 13.8 Å². The van der Waals surface area contributed by atoms with Crippen LogP contribution < -0.4 is 5.84 Å². The molecule has 22 heavy (non-hydrogen) atoms. The zero-order valence-corrected chi connectivity index (χ0v) is 15.4. The molecule has 0 aromatic rings. The average molecular weight is 364 g/mol. The molecule has 0 heterocycles. The number of carbonyl (C=O) groups is 1. The highest BCUT2D eigenvalue weighted by atomic mass is 32.2. The van der Waals surface area contributed by atoms with Crippen molar-refractivity contribution in [2.45, 2.75) is 33.6 Å². The fraction of sp³-hybridized carbons (Fsp3) is 0.538. The molecule has 0 saturated heterocycles. The Balaban J connectivity index is 3.22. The minimum Gasteiger partial charge on any atom is -0.323 e. The summed E-state index contributed by atoms with van der Waals surface area (Å²) in [5.41, 5.74) is 1.16. The molecule has 124 valence electrons. The molecule has 6 nitrogen and oxygen atoms in total. The quantitative estimate of drug-likeness (QED) is 0.217. The summed E-state index contributed by atoms with van der Waals surface area (Å²) in [4.78, 5) is 12.2. The standard InChI is InChI=1S/C13H21N2O4PS2/c1-4-21-18-20(17,19-22-5-2)12-8-6-7-10(3)13(12)11(16)9-15-14/h8-9H,4-7,14H2,1-3H3. The predicted octanol–water partition coefficient (Wildman–Crippen LogP) is 4.06. The molecule has 1 aliphatic carbocycles. The second kappa shape index (κ2) is 9.57. The van der Waals surface area contributed by atoms with E-state index in [2.05, 4.69) is 5.10 Å². The van der Waals surface area contributed by atoms with Gasteiger partial charge in [-0.2, -0.15) is 5.10 Å². The lowest BCUT2D eigenvalue weighted by Crippen LogP contribution is -2.13. The topological polar surface area (TPSA) is 91.0 Å². The van der Waals surface area contributed by atoms with Gasteiger partial charge in [0.05, 0.1) is 11.5 Å². The van der Waals surface area contributed by atoms with Crippen molar-refractivity contribution in [3.05, 3.63) is 22.5 Å². The minimum absolute atomic E-state index is 0.308. The van der Waals surface area contributed by atoms with E-state index in [1.165, 1.54) is 0 Å². The fourth-order valence-electron chi connectivity index (χ4n) is 1.93. The molecule has 0 aromatic carbocycles. The molecule has 0 aliphatic heterocycles. The molecule has 0 bridgehead atoms. The first kappa shape index (κ1) is 19.5. The van der Waals surface area contributed by atoms with Gasteiger partial charge in [-0.25, -0.2) is 7.94 Å². The number of carbonyl (C=O) groups excluding carboxylic acids is 1. The van der Waals surface area contributed by atoms with Gasteiger partial charge in [0, 0.05) is 41.2 Å². The van der Waals surface area contributed by atoms with Crippen molar-refractivity contribution in [2.75, 3.05) is 11.5 Å². The van der Waals surface area contributed by atoms with Gasteiger partial charge >= 0.3 is 7.60 Å². The number of hydrogen-bond donors (Lipinski definition) is 1. The summed E-state index contributed by atoms with van der Waals surface area (Å²) >= 11 is 2.11. The number of rotatable bonds is 9. The lowest BCUT2D eigenvalue weighted by molar-refractivity contribution is -0.109. The largest absolute Gasteiger partial charge is 0.383 e. The van der Waals surface area contributed by atoms with Crippen LogP contribution in [0.25, 0.3) is 0 Å². The molecule has 1 aliphatic rings. The van der Waals surface area contributed by atoms with Gasteiger partial charge in [-0.15, -0.1) is 0 Å². The van der Waals surface area contributed by atoms with Crippen LogP contribution in [0, 0.1) is 0 Å². The Morgan fingerprint density at radius 1 is 1.41 bits per heavy atom. The molecule has 0 saturated carbocycles. The number of ketones is 1. The molecule has 1 rings (SSSR count). The Bertz CT molecular complexity index is 534. The Labute approximate surface area is 139 Å². The number of Topliss-reactive ketones (excluding diaryl/α,β-unsaturated/α-hetero) is 1. The van der Waals surface area contributed by atoms with Gasteiger partial charge in [-0.3, -0.25) is 9.36 Å². The number of nitrogens with zero attached hydrogens (tertiary/aromatic N) is 1. The van der Waals surface area contributed by atoms with Crippen LogP contribution in [-0.2, 0) is 17.3 Å². The van der Waals surface area contributed by atoms with Crippen molar-refractivity contribution in [2.24, 2.45) is 10.9 Å². The SMILES string of the molecule is CCSOP(=O)(OSCC)C1=CCCC(C)=C1C(=O)C=NN. The molecule has 0 atom stereocenters. The number of allylic oxidation sites excluding steroid dienone is 4. The summed E-state index contributed by atoms with van der Waals surface area (Å²) in [6, 6.07) is 0. The van der Waals surface area contributed by atoms with Crippen molar-refractivity contribution in [1.29, 1.82) is 0 Å². The Morgan fingerprint density at radius 3 is 2.50 bits per heavy atom. The van der Waals surface area contributed by atoms with Crippen molar-refractivity contribution in [1.82, 2.24) is 0 Å². The molecule has 9 heteroatoms. The summed E-state index contributed by atoms with van der Waals surface area (Å²) in [6.07, 6.45) is 4.16. The summed E-state index contributed by atoms with van der Waals surface area (Å²) in [6.45, 7) is 5.59. The third kappa shape index (κ3) is 4.99. The molecule has 0 aromatic heterocycles. The normalized spacial score (nSPS) is 16.2. The molecular formula is C13H21N2O4PS2. The fourth-order valence-corrected chi connectivity index (χ4v) is 5.77. The van der Waals surface area contributed by atoms with Gasteiger partial charge in [-0.1, -0.05) is 25.5 Å². The average Bonchev–Trinajstić information content (AvgIpc) is 2.50. The van der Waals surface area contributed by atoms with E-state index in [9.17, 15) is 9.36 Å². The van der Waals surface area contributed by atoms with Gasteiger partial charge in [-0.05, 0) is 19.8 Å². The van der Waals surface area contributed by atoms with Crippen molar-refractivity contribution >= 4 is 43.7 Å². The van der Waals surface area contributed by atoms with Crippen LogP contribution in [0.2, 0.25) is 0 Å². The van der Waals surface area contributed by atoms with Gasteiger partial charge in [0.1, 0.15) is 0 Å². The number of nitrogens with two attached hydrogens (primary N) is 1. The third-order valence-electron chi connectivity index (χ3n) is 2.81. The van der Waals surface area contributed by atoms with E-state index in [1.54, 1.807) is 6.08 Å². The molecule has 0 unspecified atom stereocenters. The summed E-state index contributed by atoms with van der Waals surface area (Å²) in [5, 5.41) is 3.58. The Hall–Kier alpha value is -0.530. The molecule has 0 amide bonds. The van der Waals surface area contributed by atoms with E-state index in [0.29, 0.717) is 35.2 Å². The smallest absolute Gasteiger partial charge is 0.323 e. The maximum atomic E-state index is 13.1. The van der Waals surface area contributed by atoms with E-state index >= 15 is 0 Å². The van der Waals surface area contributed by atoms with Crippen LogP contribution in [0.1, 0.15) is 33.6 Å². The zero-order valence-electron chi connectivity index (χ0n) is 12.9. The van der Waals surface area contributed by atoms with Gasteiger partial charge < -0.3 is 5.84 Å². The highest BCUT2D eigenvalue weighted by molar-refractivity contribution is 8.02. The lowest BCUT2D eigenvalue weighted by atomic mass is 9.96. The second-order valence-corrected chi connectivity index (χ2v) is 8.68. The Kier molecular flexibility index (Phi) is 8.49. The highest BCUT2D eigenvalue weighted by Crippen LogP contribution is 2.64. The van der Waals surface area contributed by atoms with E-state index < -0.39 is 7.60 Å². The van der Waals surface area contributed by atoms with E-state index in [-0.39, 0.29) is 5.78 Å². The number of hydrazone groups is 1. The Morgan fingerprint density at radius 2 is 2.00 bits per heavy atom. The van der Waals surface area contributed by atoms with E-state index in [0.717, 1.165) is 35.9 Å². The lowest BCUT2D eigenvalue weighted by Gasteiger charge is -2.24. The van der Waals surface area contributed by atoms with Gasteiger partial charge in [0.15, 0.2) is 0 Å². The van der Waals surface area contributed by atoms with Crippen LogP contribution in [0.4, 0.5) is 0 Å².